The normalized spacial score (nSPS) is 13.7. The molecular weight excluding hydrogens is 330 g/mol. The Kier molecular flexibility index (Phi) is 5.88. The number of nitrogens with zero attached hydrogens (tertiary/aromatic N) is 4. The van der Waals surface area contributed by atoms with Crippen LogP contribution >= 0.6 is 0 Å². The number of aromatic nitrogens is 2. The van der Waals surface area contributed by atoms with Crippen molar-refractivity contribution in [1.29, 1.82) is 0 Å². The molecule has 1 fully saturated rings. The molecule has 138 valence electrons. The fourth-order valence-electron chi connectivity index (χ4n) is 3.05. The largest absolute Gasteiger partial charge is 0.343 e. The van der Waals surface area contributed by atoms with E-state index in [1.165, 1.54) is 0 Å². The first-order chi connectivity index (χ1) is 12.6. The summed E-state index contributed by atoms with van der Waals surface area (Å²) < 4.78 is 1.79. The van der Waals surface area contributed by atoms with Gasteiger partial charge in [0.1, 0.15) is 0 Å². The Morgan fingerprint density at radius 2 is 1.92 bits per heavy atom. The van der Waals surface area contributed by atoms with Crippen molar-refractivity contribution in [1.82, 2.24) is 24.9 Å². The first-order valence-electron chi connectivity index (χ1n) is 8.99. The van der Waals surface area contributed by atoms with Crippen molar-refractivity contribution in [2.75, 3.05) is 26.7 Å². The summed E-state index contributed by atoms with van der Waals surface area (Å²) in [5, 5.41) is 7.14. The van der Waals surface area contributed by atoms with Crippen LogP contribution in [0.15, 0.2) is 42.7 Å². The number of likely N-dealkylation sites (tertiary alicyclic amines) is 1. The standard InChI is InChI=1S/C19H25N5O2/c1-22(19(26)20-10-9-18(25)23-11-5-6-12-23)14-16-13-21-24(15-16)17-7-3-2-4-8-17/h2-4,7-8,13,15H,5-6,9-12,14H2,1H3,(H,20,26). The molecule has 26 heavy (non-hydrogen) atoms. The van der Waals surface area contributed by atoms with E-state index < -0.39 is 0 Å². The van der Waals surface area contributed by atoms with Gasteiger partial charge in [-0.2, -0.15) is 5.10 Å². The number of amides is 3. The first kappa shape index (κ1) is 18.0. The zero-order valence-corrected chi connectivity index (χ0v) is 15.1. The molecule has 7 heteroatoms. The van der Waals surface area contributed by atoms with Crippen molar-refractivity contribution >= 4 is 11.9 Å². The van der Waals surface area contributed by atoms with Gasteiger partial charge in [0.2, 0.25) is 5.91 Å². The third-order valence-electron chi connectivity index (χ3n) is 4.50. The molecule has 7 nitrogen and oxygen atoms in total. The molecule has 3 rings (SSSR count). The van der Waals surface area contributed by atoms with Crippen LogP contribution in [0.4, 0.5) is 4.79 Å². The molecule has 0 radical (unpaired) electrons. The highest BCUT2D eigenvalue weighted by atomic mass is 16.2. The predicted octanol–water partition coefficient (Wildman–Crippen LogP) is 2.03. The Morgan fingerprint density at radius 3 is 2.65 bits per heavy atom. The second-order valence-corrected chi connectivity index (χ2v) is 6.55. The molecular formula is C19H25N5O2. The van der Waals surface area contributed by atoms with Crippen molar-refractivity contribution in [3.8, 4) is 5.69 Å². The zero-order valence-electron chi connectivity index (χ0n) is 15.1. The van der Waals surface area contributed by atoms with Gasteiger partial charge in [-0.1, -0.05) is 18.2 Å². The lowest BCUT2D eigenvalue weighted by molar-refractivity contribution is -0.129. The molecule has 1 aliphatic rings. The fraction of sp³-hybridized carbons (Fsp3) is 0.421. The lowest BCUT2D eigenvalue weighted by Crippen LogP contribution is -2.39. The van der Waals surface area contributed by atoms with Crippen LogP contribution in [0.3, 0.4) is 0 Å². The zero-order chi connectivity index (χ0) is 18.4. The smallest absolute Gasteiger partial charge is 0.317 e. The first-order valence-corrected chi connectivity index (χ1v) is 8.99. The Labute approximate surface area is 153 Å². The van der Waals surface area contributed by atoms with E-state index >= 15 is 0 Å². The maximum absolute atomic E-state index is 12.2. The van der Waals surface area contributed by atoms with Gasteiger partial charge in [-0.15, -0.1) is 0 Å². The number of carbonyl (C=O) groups excluding carboxylic acids is 2. The molecule has 1 aliphatic heterocycles. The van der Waals surface area contributed by atoms with E-state index in [4.69, 9.17) is 0 Å². The number of hydrogen-bond acceptors (Lipinski definition) is 3. The quantitative estimate of drug-likeness (QED) is 0.862. The monoisotopic (exact) mass is 355 g/mol. The molecule has 0 spiro atoms. The summed E-state index contributed by atoms with van der Waals surface area (Å²) in [6, 6.07) is 9.64. The number of para-hydroxylation sites is 1. The van der Waals surface area contributed by atoms with E-state index in [9.17, 15) is 9.59 Å². The van der Waals surface area contributed by atoms with Crippen LogP contribution in [0.1, 0.15) is 24.8 Å². The summed E-state index contributed by atoms with van der Waals surface area (Å²) in [5.74, 6) is 0.120. The molecule has 1 aromatic heterocycles. The SMILES string of the molecule is CN(Cc1cnn(-c2ccccc2)c1)C(=O)NCCC(=O)N1CCCC1. The van der Waals surface area contributed by atoms with Gasteiger partial charge < -0.3 is 15.1 Å². The molecule has 2 heterocycles. The maximum Gasteiger partial charge on any atom is 0.317 e. The van der Waals surface area contributed by atoms with Gasteiger partial charge >= 0.3 is 6.03 Å². The fourth-order valence-corrected chi connectivity index (χ4v) is 3.05. The van der Waals surface area contributed by atoms with Crippen molar-refractivity contribution in [2.24, 2.45) is 0 Å². The lowest BCUT2D eigenvalue weighted by atomic mass is 10.3. The van der Waals surface area contributed by atoms with Crippen LogP contribution in [0.5, 0.6) is 0 Å². The molecule has 0 saturated carbocycles. The van der Waals surface area contributed by atoms with Crippen LogP contribution in [0.2, 0.25) is 0 Å². The van der Waals surface area contributed by atoms with Gasteiger partial charge in [-0.3, -0.25) is 4.79 Å². The summed E-state index contributed by atoms with van der Waals surface area (Å²) in [5.41, 5.74) is 1.92. The summed E-state index contributed by atoms with van der Waals surface area (Å²) in [7, 11) is 1.73. The van der Waals surface area contributed by atoms with E-state index in [2.05, 4.69) is 10.4 Å². The van der Waals surface area contributed by atoms with Crippen molar-refractivity contribution < 1.29 is 9.59 Å². The minimum atomic E-state index is -0.188. The van der Waals surface area contributed by atoms with Crippen LogP contribution in [-0.4, -0.2) is 58.2 Å². The minimum absolute atomic E-state index is 0.120. The van der Waals surface area contributed by atoms with E-state index in [0.29, 0.717) is 19.5 Å². The molecule has 0 atom stereocenters. The highest BCUT2D eigenvalue weighted by Crippen LogP contribution is 2.10. The average Bonchev–Trinajstić information content (AvgIpc) is 3.34. The van der Waals surface area contributed by atoms with Crippen molar-refractivity contribution in [2.45, 2.75) is 25.8 Å². The van der Waals surface area contributed by atoms with E-state index in [1.807, 2.05) is 41.4 Å². The van der Waals surface area contributed by atoms with Crippen LogP contribution in [0, 0.1) is 0 Å². The summed E-state index contributed by atoms with van der Waals surface area (Å²) >= 11 is 0. The Hall–Kier alpha value is -2.83. The second-order valence-electron chi connectivity index (χ2n) is 6.55. The Balaban J connectivity index is 1.44. The Morgan fingerprint density at radius 1 is 1.19 bits per heavy atom. The van der Waals surface area contributed by atoms with E-state index in [0.717, 1.165) is 37.2 Å². The van der Waals surface area contributed by atoms with Crippen LogP contribution in [-0.2, 0) is 11.3 Å². The van der Waals surface area contributed by atoms with Gasteiger partial charge in [-0.25, -0.2) is 9.48 Å². The lowest BCUT2D eigenvalue weighted by Gasteiger charge is -2.18. The Bertz CT molecular complexity index is 737. The minimum Gasteiger partial charge on any atom is -0.343 e. The van der Waals surface area contributed by atoms with Crippen molar-refractivity contribution in [3.63, 3.8) is 0 Å². The van der Waals surface area contributed by atoms with E-state index in [1.54, 1.807) is 22.8 Å². The molecule has 3 amide bonds. The molecule has 2 aromatic rings. The van der Waals surface area contributed by atoms with Gasteiger partial charge in [-0.05, 0) is 25.0 Å². The third-order valence-corrected chi connectivity index (χ3v) is 4.50. The number of urea groups is 1. The number of carbonyl (C=O) groups is 2. The predicted molar refractivity (Wildman–Crippen MR) is 98.9 cm³/mol. The summed E-state index contributed by atoms with van der Waals surface area (Å²) in [6.07, 6.45) is 6.18. The van der Waals surface area contributed by atoms with Crippen LogP contribution < -0.4 is 5.32 Å². The highest BCUT2D eigenvalue weighted by Gasteiger charge is 2.18. The average molecular weight is 355 g/mol. The van der Waals surface area contributed by atoms with Crippen molar-refractivity contribution in [3.05, 3.63) is 48.3 Å². The van der Waals surface area contributed by atoms with Gasteiger partial charge in [0.25, 0.3) is 0 Å². The summed E-state index contributed by atoms with van der Waals surface area (Å²) in [4.78, 5) is 27.6. The molecule has 0 bridgehead atoms. The second kappa shape index (κ2) is 8.51. The highest BCUT2D eigenvalue weighted by molar-refractivity contribution is 5.78. The molecule has 1 saturated heterocycles. The number of hydrogen-bond donors (Lipinski definition) is 1. The number of benzene rings is 1. The number of nitrogens with one attached hydrogen (secondary N) is 1. The maximum atomic E-state index is 12.2. The topological polar surface area (TPSA) is 70.5 Å². The third kappa shape index (κ3) is 4.62. The van der Waals surface area contributed by atoms with Crippen LogP contribution in [0.25, 0.3) is 5.69 Å². The molecule has 1 N–H and O–H groups in total. The number of rotatable bonds is 6. The molecule has 1 aromatic carbocycles. The van der Waals surface area contributed by atoms with Gasteiger partial charge in [0.15, 0.2) is 0 Å². The molecule has 0 aliphatic carbocycles. The molecule has 0 unspecified atom stereocenters. The van der Waals surface area contributed by atoms with E-state index in [-0.39, 0.29) is 11.9 Å². The summed E-state index contributed by atoms with van der Waals surface area (Å²) in [6.45, 7) is 2.51. The van der Waals surface area contributed by atoms with Gasteiger partial charge in [0, 0.05) is 44.9 Å². The van der Waals surface area contributed by atoms with Gasteiger partial charge in [0.05, 0.1) is 18.4 Å².